The minimum atomic E-state index is 0.692. The first-order chi connectivity index (χ1) is 5.90. The van der Waals surface area contributed by atoms with Crippen LogP contribution in [0.5, 0.6) is 0 Å². The Labute approximate surface area is 71.3 Å². The predicted molar refractivity (Wildman–Crippen MR) is 48.6 cm³/mol. The van der Waals surface area contributed by atoms with Gasteiger partial charge in [-0.3, -0.25) is 0 Å². The Hall–Kier alpha value is -1.44. The van der Waals surface area contributed by atoms with E-state index in [-0.39, 0.29) is 0 Å². The number of fused-ring (bicyclic) bond motifs is 1. The van der Waals surface area contributed by atoms with Crippen molar-refractivity contribution < 1.29 is 0 Å². The molecule has 0 N–H and O–H groups in total. The molecule has 2 heteroatoms. The van der Waals surface area contributed by atoms with Crippen LogP contribution in [-0.4, -0.2) is 10.2 Å². The van der Waals surface area contributed by atoms with E-state index in [1.54, 1.807) is 0 Å². The zero-order valence-electron chi connectivity index (χ0n) is 6.70. The van der Waals surface area contributed by atoms with Crippen LogP contribution < -0.4 is 0 Å². The van der Waals surface area contributed by atoms with Crippen LogP contribution >= 0.6 is 0 Å². The summed E-state index contributed by atoms with van der Waals surface area (Å²) in [7, 11) is 0. The summed E-state index contributed by atoms with van der Waals surface area (Å²) in [6, 6.07) is 9.96. The molecule has 2 nitrogen and oxygen atoms in total. The van der Waals surface area contributed by atoms with Crippen molar-refractivity contribution in [3.8, 4) is 0 Å². The standard InChI is InChI=1S/C10H9N2/c1-2-9-7-8-5-3-4-6-10(8)12-11-9/h3-7H,1-2H2. The molecule has 0 amide bonds. The molecule has 12 heavy (non-hydrogen) atoms. The van der Waals surface area contributed by atoms with Gasteiger partial charge in [0.05, 0.1) is 11.2 Å². The molecule has 1 aromatic carbocycles. The molecule has 0 saturated heterocycles. The van der Waals surface area contributed by atoms with Gasteiger partial charge >= 0.3 is 0 Å². The van der Waals surface area contributed by atoms with E-state index in [9.17, 15) is 0 Å². The third-order valence-corrected chi connectivity index (χ3v) is 1.80. The number of aromatic nitrogens is 2. The number of hydrogen-bond acceptors (Lipinski definition) is 2. The number of hydrogen-bond donors (Lipinski definition) is 0. The molecule has 1 radical (unpaired) electrons. The third kappa shape index (κ3) is 1.16. The molecule has 0 saturated carbocycles. The second-order valence-corrected chi connectivity index (χ2v) is 2.64. The van der Waals surface area contributed by atoms with Crippen LogP contribution in [0.1, 0.15) is 5.69 Å². The van der Waals surface area contributed by atoms with Gasteiger partial charge in [0.25, 0.3) is 0 Å². The van der Waals surface area contributed by atoms with Gasteiger partial charge in [-0.2, -0.15) is 10.2 Å². The fourth-order valence-electron chi connectivity index (χ4n) is 1.15. The summed E-state index contributed by atoms with van der Waals surface area (Å²) < 4.78 is 0. The molecule has 0 fully saturated rings. The molecule has 0 atom stereocenters. The van der Waals surface area contributed by atoms with Gasteiger partial charge in [0.2, 0.25) is 0 Å². The molecule has 2 rings (SSSR count). The Morgan fingerprint density at radius 2 is 2.00 bits per heavy atom. The van der Waals surface area contributed by atoms with E-state index in [1.165, 1.54) is 0 Å². The maximum absolute atomic E-state index is 4.06. The van der Waals surface area contributed by atoms with E-state index in [0.29, 0.717) is 6.42 Å². The van der Waals surface area contributed by atoms with E-state index < -0.39 is 0 Å². The Morgan fingerprint density at radius 3 is 2.83 bits per heavy atom. The Morgan fingerprint density at radius 1 is 1.17 bits per heavy atom. The lowest BCUT2D eigenvalue weighted by Crippen LogP contribution is -1.90. The minimum Gasteiger partial charge on any atom is -0.155 e. The first kappa shape index (κ1) is 7.22. The van der Waals surface area contributed by atoms with Crippen molar-refractivity contribution >= 4 is 10.9 Å². The molecular weight excluding hydrogens is 148 g/mol. The van der Waals surface area contributed by atoms with E-state index in [0.717, 1.165) is 16.6 Å². The molecular formula is C10H9N2. The van der Waals surface area contributed by atoms with E-state index >= 15 is 0 Å². The van der Waals surface area contributed by atoms with Gasteiger partial charge in [0.15, 0.2) is 0 Å². The highest BCUT2D eigenvalue weighted by Gasteiger charge is 1.95. The summed E-state index contributed by atoms with van der Waals surface area (Å²) >= 11 is 0. The second-order valence-electron chi connectivity index (χ2n) is 2.64. The SMILES string of the molecule is [CH2]Cc1cc2ccccc2nn1. The van der Waals surface area contributed by atoms with E-state index in [1.807, 2.05) is 30.3 Å². The minimum absolute atomic E-state index is 0.692. The summed E-state index contributed by atoms with van der Waals surface area (Å²) in [5.41, 5.74) is 1.88. The monoisotopic (exact) mass is 157 g/mol. The fourth-order valence-corrected chi connectivity index (χ4v) is 1.15. The zero-order chi connectivity index (χ0) is 8.39. The van der Waals surface area contributed by atoms with E-state index in [4.69, 9.17) is 0 Å². The van der Waals surface area contributed by atoms with Crippen LogP contribution in [0, 0.1) is 6.92 Å². The van der Waals surface area contributed by atoms with Crippen molar-refractivity contribution in [2.24, 2.45) is 0 Å². The summed E-state index contributed by atoms with van der Waals surface area (Å²) in [4.78, 5) is 0. The lowest BCUT2D eigenvalue weighted by molar-refractivity contribution is 0.979. The molecule has 2 aromatic rings. The highest BCUT2D eigenvalue weighted by atomic mass is 15.1. The topological polar surface area (TPSA) is 25.8 Å². The third-order valence-electron chi connectivity index (χ3n) is 1.80. The number of rotatable bonds is 1. The summed E-state index contributed by atoms with van der Waals surface area (Å²) in [5, 5.41) is 9.21. The molecule has 0 bridgehead atoms. The quantitative estimate of drug-likeness (QED) is 0.632. The molecule has 59 valence electrons. The van der Waals surface area contributed by atoms with Crippen LogP contribution in [-0.2, 0) is 6.42 Å². The van der Waals surface area contributed by atoms with Crippen molar-refractivity contribution in [3.05, 3.63) is 42.9 Å². The van der Waals surface area contributed by atoms with Crippen LogP contribution in [0.4, 0.5) is 0 Å². The van der Waals surface area contributed by atoms with Gasteiger partial charge in [0.1, 0.15) is 0 Å². The average Bonchev–Trinajstić information content (AvgIpc) is 2.17. The van der Waals surface area contributed by atoms with Gasteiger partial charge in [-0.25, -0.2) is 0 Å². The molecule has 0 aliphatic carbocycles. The van der Waals surface area contributed by atoms with Crippen LogP contribution in [0.25, 0.3) is 10.9 Å². The predicted octanol–water partition coefficient (Wildman–Crippen LogP) is 2.01. The van der Waals surface area contributed by atoms with Gasteiger partial charge in [0, 0.05) is 5.39 Å². The molecule has 1 heterocycles. The van der Waals surface area contributed by atoms with Crippen LogP contribution in [0.3, 0.4) is 0 Å². The van der Waals surface area contributed by atoms with Crippen molar-refractivity contribution in [1.82, 2.24) is 10.2 Å². The lowest BCUT2D eigenvalue weighted by Gasteiger charge is -1.97. The highest BCUT2D eigenvalue weighted by molar-refractivity contribution is 5.77. The molecule has 0 unspecified atom stereocenters. The maximum atomic E-state index is 4.06. The second kappa shape index (κ2) is 2.89. The first-order valence-corrected chi connectivity index (χ1v) is 3.91. The molecule has 0 aliphatic rings. The Kier molecular flexibility index (Phi) is 1.74. The first-order valence-electron chi connectivity index (χ1n) is 3.91. The van der Waals surface area contributed by atoms with Crippen molar-refractivity contribution in [1.29, 1.82) is 0 Å². The lowest BCUT2D eigenvalue weighted by atomic mass is 10.2. The summed E-state index contributed by atoms with van der Waals surface area (Å²) in [6.07, 6.45) is 0.692. The molecule has 0 aliphatic heterocycles. The number of nitrogens with zero attached hydrogens (tertiary/aromatic N) is 2. The highest BCUT2D eigenvalue weighted by Crippen LogP contribution is 2.10. The van der Waals surface area contributed by atoms with Crippen molar-refractivity contribution in [2.45, 2.75) is 6.42 Å². The largest absolute Gasteiger partial charge is 0.155 e. The van der Waals surface area contributed by atoms with Crippen molar-refractivity contribution in [2.75, 3.05) is 0 Å². The zero-order valence-corrected chi connectivity index (χ0v) is 6.70. The van der Waals surface area contributed by atoms with Gasteiger partial charge < -0.3 is 0 Å². The summed E-state index contributed by atoms with van der Waals surface area (Å²) in [6.45, 7) is 3.76. The van der Waals surface area contributed by atoms with Crippen molar-refractivity contribution in [3.63, 3.8) is 0 Å². The maximum Gasteiger partial charge on any atom is 0.0929 e. The molecule has 1 aromatic heterocycles. The fraction of sp³-hybridized carbons (Fsp3) is 0.100. The van der Waals surface area contributed by atoms with Crippen LogP contribution in [0.15, 0.2) is 30.3 Å². The van der Waals surface area contributed by atoms with E-state index in [2.05, 4.69) is 17.1 Å². The van der Waals surface area contributed by atoms with Crippen LogP contribution in [0.2, 0.25) is 0 Å². The van der Waals surface area contributed by atoms with Gasteiger partial charge in [-0.15, -0.1) is 0 Å². The molecule has 0 spiro atoms. The number of benzene rings is 1. The van der Waals surface area contributed by atoms with Gasteiger partial charge in [-0.1, -0.05) is 18.2 Å². The normalized spacial score (nSPS) is 10.4. The Bertz CT molecular complexity index is 396. The summed E-state index contributed by atoms with van der Waals surface area (Å²) in [5.74, 6) is 0. The van der Waals surface area contributed by atoms with Gasteiger partial charge in [-0.05, 0) is 25.5 Å². The smallest absolute Gasteiger partial charge is 0.0929 e. The Balaban J connectivity index is 2.67. The average molecular weight is 157 g/mol.